The van der Waals surface area contributed by atoms with Crippen LogP contribution >= 0.6 is 23.4 Å². The van der Waals surface area contributed by atoms with Crippen LogP contribution in [0.15, 0.2) is 12.1 Å². The van der Waals surface area contributed by atoms with E-state index >= 15 is 0 Å². The minimum Gasteiger partial charge on any atom is -0.370 e. The molecule has 1 N–H and O–H groups in total. The Balaban J connectivity index is 2.65. The summed E-state index contributed by atoms with van der Waals surface area (Å²) in [5.41, 5.74) is 0.950. The van der Waals surface area contributed by atoms with Gasteiger partial charge in [0.25, 0.3) is 0 Å². The Morgan fingerprint density at radius 1 is 1.45 bits per heavy atom. The SMILES string of the molecule is CCCNc1ccc(Cl)c(CN(C)C(C)CCSC)n1. The number of halogens is 1. The third-order valence-electron chi connectivity index (χ3n) is 3.37. The van der Waals surface area contributed by atoms with Gasteiger partial charge in [0, 0.05) is 19.1 Å². The molecule has 5 heteroatoms. The van der Waals surface area contributed by atoms with Gasteiger partial charge >= 0.3 is 0 Å². The summed E-state index contributed by atoms with van der Waals surface area (Å²) in [6.45, 7) is 6.12. The number of nitrogens with zero attached hydrogens (tertiary/aromatic N) is 2. The van der Waals surface area contributed by atoms with Gasteiger partial charge < -0.3 is 5.32 Å². The van der Waals surface area contributed by atoms with E-state index in [-0.39, 0.29) is 0 Å². The number of aromatic nitrogens is 1. The van der Waals surface area contributed by atoms with Crippen LogP contribution in [-0.2, 0) is 6.54 Å². The second-order valence-electron chi connectivity index (χ2n) is 5.10. The lowest BCUT2D eigenvalue weighted by Crippen LogP contribution is -2.29. The van der Waals surface area contributed by atoms with Crippen LogP contribution in [0.3, 0.4) is 0 Å². The molecule has 1 aromatic heterocycles. The first-order valence-corrected chi connectivity index (χ1v) is 8.94. The molecule has 1 unspecified atom stereocenters. The van der Waals surface area contributed by atoms with E-state index in [2.05, 4.69) is 42.4 Å². The summed E-state index contributed by atoms with van der Waals surface area (Å²) in [5.74, 6) is 2.10. The van der Waals surface area contributed by atoms with Gasteiger partial charge in [-0.25, -0.2) is 4.98 Å². The Hall–Kier alpha value is -0.450. The number of nitrogens with one attached hydrogen (secondary N) is 1. The van der Waals surface area contributed by atoms with Crippen LogP contribution in [0.1, 0.15) is 32.4 Å². The van der Waals surface area contributed by atoms with E-state index in [4.69, 9.17) is 11.6 Å². The molecule has 0 spiro atoms. The van der Waals surface area contributed by atoms with Crippen molar-refractivity contribution in [3.05, 3.63) is 22.8 Å². The van der Waals surface area contributed by atoms with Crippen molar-refractivity contribution in [1.82, 2.24) is 9.88 Å². The molecule has 1 atom stereocenters. The van der Waals surface area contributed by atoms with E-state index in [1.54, 1.807) is 0 Å². The summed E-state index contributed by atoms with van der Waals surface area (Å²) >= 11 is 8.15. The normalized spacial score (nSPS) is 12.7. The maximum atomic E-state index is 6.26. The number of hydrogen-bond acceptors (Lipinski definition) is 4. The van der Waals surface area contributed by atoms with Crippen molar-refractivity contribution in [3.63, 3.8) is 0 Å². The number of hydrogen-bond donors (Lipinski definition) is 1. The van der Waals surface area contributed by atoms with Gasteiger partial charge in [-0.2, -0.15) is 11.8 Å². The largest absolute Gasteiger partial charge is 0.370 e. The number of rotatable bonds is 9. The molecule has 0 radical (unpaired) electrons. The minimum absolute atomic E-state index is 0.535. The fourth-order valence-electron chi connectivity index (χ4n) is 1.85. The first-order valence-electron chi connectivity index (χ1n) is 7.17. The average molecular weight is 316 g/mol. The highest BCUT2D eigenvalue weighted by Gasteiger charge is 2.12. The standard InChI is InChI=1S/C15H26ClN3S/c1-5-9-17-15-7-6-13(16)14(18-15)11-19(3)12(2)8-10-20-4/h6-7,12H,5,8-11H2,1-4H3,(H,17,18). The third kappa shape index (κ3) is 5.90. The fourth-order valence-corrected chi connectivity index (χ4v) is 2.59. The van der Waals surface area contributed by atoms with Crippen LogP contribution in [0, 0.1) is 0 Å². The summed E-state index contributed by atoms with van der Waals surface area (Å²) in [7, 11) is 2.13. The molecule has 0 aliphatic heterocycles. The maximum absolute atomic E-state index is 6.26. The Labute approximate surface area is 132 Å². The quantitative estimate of drug-likeness (QED) is 0.741. The maximum Gasteiger partial charge on any atom is 0.126 e. The molecule has 0 saturated heterocycles. The summed E-state index contributed by atoms with van der Waals surface area (Å²) in [4.78, 5) is 6.94. The smallest absolute Gasteiger partial charge is 0.126 e. The molecule has 1 aromatic rings. The molecule has 1 heterocycles. The number of anilines is 1. The molecule has 0 aliphatic carbocycles. The minimum atomic E-state index is 0.535. The summed E-state index contributed by atoms with van der Waals surface area (Å²) in [6.07, 6.45) is 4.42. The van der Waals surface area contributed by atoms with Crippen LogP contribution in [0.5, 0.6) is 0 Å². The molecule has 0 fully saturated rings. The molecule has 114 valence electrons. The number of thioether (sulfide) groups is 1. The van der Waals surface area contributed by atoms with Gasteiger partial charge in [-0.15, -0.1) is 0 Å². The Morgan fingerprint density at radius 2 is 2.20 bits per heavy atom. The van der Waals surface area contributed by atoms with Gasteiger partial charge in [0.2, 0.25) is 0 Å². The highest BCUT2D eigenvalue weighted by Crippen LogP contribution is 2.19. The summed E-state index contributed by atoms with van der Waals surface area (Å²) in [6, 6.07) is 4.41. The first kappa shape index (κ1) is 17.6. The van der Waals surface area contributed by atoms with Crippen LogP contribution in [0.4, 0.5) is 5.82 Å². The van der Waals surface area contributed by atoms with E-state index in [0.717, 1.165) is 36.0 Å². The zero-order valence-electron chi connectivity index (χ0n) is 12.9. The van der Waals surface area contributed by atoms with Crippen molar-refractivity contribution in [1.29, 1.82) is 0 Å². The Morgan fingerprint density at radius 3 is 2.85 bits per heavy atom. The highest BCUT2D eigenvalue weighted by atomic mass is 35.5. The summed E-state index contributed by atoms with van der Waals surface area (Å²) < 4.78 is 0. The average Bonchev–Trinajstić information content (AvgIpc) is 2.45. The molecule has 0 saturated carbocycles. The predicted molar refractivity (Wildman–Crippen MR) is 92.0 cm³/mol. The number of pyridine rings is 1. The van der Waals surface area contributed by atoms with E-state index in [1.807, 2.05) is 23.9 Å². The predicted octanol–water partition coefficient (Wildman–Crippen LogP) is 4.13. The molecule has 20 heavy (non-hydrogen) atoms. The van der Waals surface area contributed by atoms with Gasteiger partial charge in [-0.3, -0.25) is 4.90 Å². The van der Waals surface area contributed by atoms with Gasteiger partial charge in [0.1, 0.15) is 5.82 Å². The lowest BCUT2D eigenvalue weighted by atomic mass is 10.2. The van der Waals surface area contributed by atoms with Gasteiger partial charge in [-0.1, -0.05) is 18.5 Å². The molecule has 0 aliphatic rings. The van der Waals surface area contributed by atoms with E-state index in [0.29, 0.717) is 6.04 Å². The van der Waals surface area contributed by atoms with Crippen LogP contribution in [0.2, 0.25) is 5.02 Å². The van der Waals surface area contributed by atoms with E-state index in [1.165, 1.54) is 12.2 Å². The van der Waals surface area contributed by atoms with Crippen molar-refractivity contribution in [2.24, 2.45) is 0 Å². The van der Waals surface area contributed by atoms with Crippen molar-refractivity contribution in [2.75, 3.05) is 30.9 Å². The zero-order chi connectivity index (χ0) is 15.0. The lowest BCUT2D eigenvalue weighted by Gasteiger charge is -2.24. The van der Waals surface area contributed by atoms with Gasteiger partial charge in [0.15, 0.2) is 0 Å². The summed E-state index contributed by atoms with van der Waals surface area (Å²) in [5, 5.41) is 4.05. The Kier molecular flexibility index (Phi) is 8.34. The molecule has 1 rings (SSSR count). The van der Waals surface area contributed by atoms with Crippen LogP contribution in [-0.4, -0.2) is 41.5 Å². The molecule has 0 amide bonds. The van der Waals surface area contributed by atoms with Crippen LogP contribution < -0.4 is 5.32 Å². The molecule has 3 nitrogen and oxygen atoms in total. The highest BCUT2D eigenvalue weighted by molar-refractivity contribution is 7.98. The van der Waals surface area contributed by atoms with Crippen molar-refractivity contribution in [2.45, 2.75) is 39.3 Å². The van der Waals surface area contributed by atoms with Gasteiger partial charge in [-0.05, 0) is 51.0 Å². The molecular weight excluding hydrogens is 290 g/mol. The molecule has 0 aromatic carbocycles. The van der Waals surface area contributed by atoms with Crippen molar-refractivity contribution < 1.29 is 0 Å². The zero-order valence-corrected chi connectivity index (χ0v) is 14.5. The topological polar surface area (TPSA) is 28.2 Å². The second-order valence-corrected chi connectivity index (χ2v) is 6.49. The van der Waals surface area contributed by atoms with E-state index in [9.17, 15) is 0 Å². The lowest BCUT2D eigenvalue weighted by molar-refractivity contribution is 0.242. The van der Waals surface area contributed by atoms with Crippen LogP contribution in [0.25, 0.3) is 0 Å². The monoisotopic (exact) mass is 315 g/mol. The first-order chi connectivity index (χ1) is 9.58. The molecular formula is C15H26ClN3S. The van der Waals surface area contributed by atoms with Crippen molar-refractivity contribution >= 4 is 29.2 Å². The molecule has 0 bridgehead atoms. The third-order valence-corrected chi connectivity index (χ3v) is 4.35. The second kappa shape index (κ2) is 9.48. The Bertz CT molecular complexity index is 401. The van der Waals surface area contributed by atoms with Crippen molar-refractivity contribution in [3.8, 4) is 0 Å². The van der Waals surface area contributed by atoms with E-state index < -0.39 is 0 Å². The fraction of sp³-hybridized carbons (Fsp3) is 0.667. The van der Waals surface area contributed by atoms with Gasteiger partial charge in [0.05, 0.1) is 10.7 Å².